The van der Waals surface area contributed by atoms with Crippen LogP contribution in [0.15, 0.2) is 72.8 Å². The molecule has 5 nitrogen and oxygen atoms in total. The van der Waals surface area contributed by atoms with E-state index in [0.29, 0.717) is 25.9 Å². The molecule has 30 heavy (non-hydrogen) atoms. The van der Waals surface area contributed by atoms with Crippen molar-refractivity contribution in [2.24, 2.45) is 5.92 Å². The molecular formula is C24H26N2O3S. The zero-order valence-electron chi connectivity index (χ0n) is 17.1. The highest BCUT2D eigenvalue weighted by Crippen LogP contribution is 2.27. The van der Waals surface area contributed by atoms with Crippen molar-refractivity contribution >= 4 is 32.4 Å². The molecule has 0 N–H and O–H groups in total. The number of carbonyl (C=O) groups is 1. The van der Waals surface area contributed by atoms with E-state index in [1.807, 2.05) is 72.8 Å². The third kappa shape index (κ3) is 4.40. The van der Waals surface area contributed by atoms with Gasteiger partial charge in [-0.05, 0) is 41.3 Å². The van der Waals surface area contributed by atoms with Crippen LogP contribution in [0.3, 0.4) is 0 Å². The Morgan fingerprint density at radius 1 is 0.933 bits per heavy atom. The van der Waals surface area contributed by atoms with E-state index in [1.54, 1.807) is 11.9 Å². The minimum absolute atomic E-state index is 0.00342. The van der Waals surface area contributed by atoms with Gasteiger partial charge in [-0.3, -0.25) is 4.79 Å². The van der Waals surface area contributed by atoms with Gasteiger partial charge in [-0.1, -0.05) is 60.7 Å². The SMILES string of the molecule is CN(C(=O)C1CCN(S(=O)(=O)Cc2ccccc2)CC1)c1ccc2ccccc2c1. The molecule has 1 fully saturated rings. The number of fused-ring (bicyclic) bond motifs is 1. The summed E-state index contributed by atoms with van der Waals surface area (Å²) in [7, 11) is -1.58. The quantitative estimate of drug-likeness (QED) is 0.623. The van der Waals surface area contributed by atoms with Gasteiger partial charge in [-0.15, -0.1) is 0 Å². The molecule has 6 heteroatoms. The van der Waals surface area contributed by atoms with Crippen molar-refractivity contribution in [1.29, 1.82) is 0 Å². The Morgan fingerprint density at radius 3 is 2.27 bits per heavy atom. The van der Waals surface area contributed by atoms with Crippen LogP contribution in [0.5, 0.6) is 0 Å². The van der Waals surface area contributed by atoms with Crippen LogP contribution in [-0.4, -0.2) is 38.8 Å². The minimum atomic E-state index is -3.37. The summed E-state index contributed by atoms with van der Waals surface area (Å²) in [6, 6.07) is 23.3. The lowest BCUT2D eigenvalue weighted by molar-refractivity contribution is -0.123. The van der Waals surface area contributed by atoms with Crippen LogP contribution in [0.1, 0.15) is 18.4 Å². The molecule has 0 unspecified atom stereocenters. The molecular weight excluding hydrogens is 396 g/mol. The smallest absolute Gasteiger partial charge is 0.229 e. The Morgan fingerprint density at radius 2 is 1.57 bits per heavy atom. The number of piperidine rings is 1. The molecule has 1 saturated heterocycles. The Bertz CT molecular complexity index is 1140. The Balaban J connectivity index is 1.39. The van der Waals surface area contributed by atoms with Crippen LogP contribution in [0.2, 0.25) is 0 Å². The third-order valence-electron chi connectivity index (χ3n) is 5.84. The maximum Gasteiger partial charge on any atom is 0.229 e. The fourth-order valence-corrected chi connectivity index (χ4v) is 5.61. The molecule has 156 valence electrons. The van der Waals surface area contributed by atoms with E-state index in [9.17, 15) is 13.2 Å². The molecule has 1 aliphatic heterocycles. The highest BCUT2D eigenvalue weighted by Gasteiger charge is 2.32. The van der Waals surface area contributed by atoms with Crippen LogP contribution in [0.25, 0.3) is 10.8 Å². The second-order valence-electron chi connectivity index (χ2n) is 7.84. The second kappa shape index (κ2) is 8.58. The van der Waals surface area contributed by atoms with Crippen molar-refractivity contribution in [2.75, 3.05) is 25.0 Å². The number of rotatable bonds is 5. The molecule has 1 amide bonds. The lowest BCUT2D eigenvalue weighted by Gasteiger charge is -2.32. The van der Waals surface area contributed by atoms with Gasteiger partial charge in [0.2, 0.25) is 15.9 Å². The van der Waals surface area contributed by atoms with E-state index in [0.717, 1.165) is 22.0 Å². The average molecular weight is 423 g/mol. The van der Waals surface area contributed by atoms with Gasteiger partial charge in [0.1, 0.15) is 0 Å². The summed E-state index contributed by atoms with van der Waals surface area (Å²) in [4.78, 5) is 14.7. The lowest BCUT2D eigenvalue weighted by atomic mass is 9.96. The summed E-state index contributed by atoms with van der Waals surface area (Å²) in [5.41, 5.74) is 1.64. The number of amides is 1. The summed E-state index contributed by atoms with van der Waals surface area (Å²) in [5.74, 6) is -0.112. The summed E-state index contributed by atoms with van der Waals surface area (Å²) in [6.07, 6.45) is 1.09. The first-order valence-corrected chi connectivity index (χ1v) is 11.8. The summed E-state index contributed by atoms with van der Waals surface area (Å²) in [5, 5.41) is 2.23. The molecule has 0 aliphatic carbocycles. The van der Waals surface area contributed by atoms with Crippen LogP contribution in [0, 0.1) is 5.92 Å². The first-order valence-electron chi connectivity index (χ1n) is 10.2. The number of sulfonamides is 1. The number of hydrogen-bond acceptors (Lipinski definition) is 3. The van der Waals surface area contributed by atoms with E-state index < -0.39 is 10.0 Å². The largest absolute Gasteiger partial charge is 0.315 e. The first-order chi connectivity index (χ1) is 14.4. The van der Waals surface area contributed by atoms with Gasteiger partial charge in [-0.2, -0.15) is 0 Å². The van der Waals surface area contributed by atoms with E-state index in [1.165, 1.54) is 4.31 Å². The highest BCUT2D eigenvalue weighted by atomic mass is 32.2. The first kappa shape index (κ1) is 20.6. The van der Waals surface area contributed by atoms with Crippen LogP contribution >= 0.6 is 0 Å². The lowest BCUT2D eigenvalue weighted by Crippen LogP contribution is -2.43. The third-order valence-corrected chi connectivity index (χ3v) is 7.69. The predicted octanol–water partition coefficient (Wildman–Crippen LogP) is 4.04. The van der Waals surface area contributed by atoms with E-state index in [4.69, 9.17) is 0 Å². The molecule has 1 aliphatic rings. The topological polar surface area (TPSA) is 57.7 Å². The molecule has 0 aromatic heterocycles. The monoisotopic (exact) mass is 422 g/mol. The van der Waals surface area contributed by atoms with Gasteiger partial charge in [0.05, 0.1) is 5.75 Å². The Labute approximate surface area is 178 Å². The maximum absolute atomic E-state index is 13.0. The maximum atomic E-state index is 13.0. The molecule has 0 saturated carbocycles. The average Bonchev–Trinajstić information content (AvgIpc) is 2.78. The van der Waals surface area contributed by atoms with E-state index in [2.05, 4.69) is 0 Å². The molecule has 0 radical (unpaired) electrons. The van der Waals surface area contributed by atoms with Crippen LogP contribution in [0.4, 0.5) is 5.69 Å². The highest BCUT2D eigenvalue weighted by molar-refractivity contribution is 7.88. The normalized spacial score (nSPS) is 15.9. The van der Waals surface area contributed by atoms with Crippen molar-refractivity contribution in [3.05, 3.63) is 78.4 Å². The van der Waals surface area contributed by atoms with Gasteiger partial charge in [0, 0.05) is 31.7 Å². The summed E-state index contributed by atoms with van der Waals surface area (Å²) in [6.45, 7) is 0.772. The van der Waals surface area contributed by atoms with Crippen molar-refractivity contribution in [3.8, 4) is 0 Å². The van der Waals surface area contributed by atoms with Crippen molar-refractivity contribution in [1.82, 2.24) is 4.31 Å². The summed E-state index contributed by atoms with van der Waals surface area (Å²) >= 11 is 0. The number of hydrogen-bond donors (Lipinski definition) is 0. The van der Waals surface area contributed by atoms with E-state index >= 15 is 0 Å². The van der Waals surface area contributed by atoms with Crippen LogP contribution < -0.4 is 4.90 Å². The molecule has 0 spiro atoms. The summed E-state index contributed by atoms with van der Waals surface area (Å²) < 4.78 is 27.0. The molecule has 0 atom stereocenters. The molecule has 3 aromatic rings. The number of anilines is 1. The zero-order chi connectivity index (χ0) is 21.1. The second-order valence-corrected chi connectivity index (χ2v) is 9.81. The molecule has 3 aromatic carbocycles. The Kier molecular flexibility index (Phi) is 5.88. The van der Waals surface area contributed by atoms with Gasteiger partial charge in [-0.25, -0.2) is 12.7 Å². The number of carbonyl (C=O) groups excluding carboxylic acids is 1. The van der Waals surface area contributed by atoms with Crippen molar-refractivity contribution < 1.29 is 13.2 Å². The van der Waals surface area contributed by atoms with Crippen molar-refractivity contribution in [3.63, 3.8) is 0 Å². The molecule has 4 rings (SSSR count). The van der Waals surface area contributed by atoms with Gasteiger partial charge < -0.3 is 4.90 Å². The van der Waals surface area contributed by atoms with Crippen LogP contribution in [-0.2, 0) is 20.6 Å². The zero-order valence-corrected chi connectivity index (χ0v) is 17.9. The molecule has 1 heterocycles. The van der Waals surface area contributed by atoms with E-state index in [-0.39, 0.29) is 17.6 Å². The van der Waals surface area contributed by atoms with Gasteiger partial charge in [0.15, 0.2) is 0 Å². The Hall–Kier alpha value is -2.70. The molecule has 0 bridgehead atoms. The minimum Gasteiger partial charge on any atom is -0.315 e. The van der Waals surface area contributed by atoms with Gasteiger partial charge >= 0.3 is 0 Å². The predicted molar refractivity (Wildman–Crippen MR) is 121 cm³/mol. The number of nitrogens with zero attached hydrogens (tertiary/aromatic N) is 2. The van der Waals surface area contributed by atoms with Crippen molar-refractivity contribution in [2.45, 2.75) is 18.6 Å². The standard InChI is InChI=1S/C24H26N2O3S/c1-25(23-12-11-20-9-5-6-10-22(20)17-23)24(27)21-13-15-26(16-14-21)30(28,29)18-19-7-3-2-4-8-19/h2-12,17,21H,13-16,18H2,1H3. The van der Waals surface area contributed by atoms with Gasteiger partial charge in [0.25, 0.3) is 0 Å². The fraction of sp³-hybridized carbons (Fsp3) is 0.292. The number of benzene rings is 3. The fourth-order valence-electron chi connectivity index (χ4n) is 4.04.